The number of benzene rings is 3. The predicted molar refractivity (Wildman–Crippen MR) is 129 cm³/mol. The van der Waals surface area contributed by atoms with Gasteiger partial charge in [-0.05, 0) is 67.6 Å². The Kier molecular flexibility index (Phi) is 5.71. The Balaban J connectivity index is 1.58. The highest BCUT2D eigenvalue weighted by molar-refractivity contribution is 5.97. The molecule has 2 aliphatic rings. The molecule has 0 fully saturated rings. The van der Waals surface area contributed by atoms with Crippen LogP contribution in [0.3, 0.4) is 0 Å². The van der Waals surface area contributed by atoms with Crippen molar-refractivity contribution in [2.45, 2.75) is 38.3 Å². The van der Waals surface area contributed by atoms with E-state index in [9.17, 15) is 5.11 Å². The van der Waals surface area contributed by atoms with Crippen molar-refractivity contribution in [3.63, 3.8) is 0 Å². The van der Waals surface area contributed by atoms with Gasteiger partial charge in [0, 0.05) is 12.0 Å². The van der Waals surface area contributed by atoms with E-state index in [1.807, 2.05) is 25.1 Å². The molecular formula is C28H31N2O2+. The third kappa shape index (κ3) is 3.80. The van der Waals surface area contributed by atoms with Crippen LogP contribution in [0.5, 0.6) is 5.75 Å². The fourth-order valence-corrected chi connectivity index (χ4v) is 5.04. The molecule has 1 atom stereocenters. The Labute approximate surface area is 190 Å². The molecule has 0 aliphatic carbocycles. The molecule has 2 aliphatic heterocycles. The topological polar surface area (TPSA) is 35.7 Å². The van der Waals surface area contributed by atoms with Crippen LogP contribution in [0.25, 0.3) is 11.1 Å². The lowest BCUT2D eigenvalue weighted by Gasteiger charge is -2.29. The number of hydrogen-bond donors (Lipinski definition) is 1. The van der Waals surface area contributed by atoms with Crippen molar-refractivity contribution in [1.82, 2.24) is 0 Å². The van der Waals surface area contributed by atoms with Crippen molar-refractivity contribution >= 4 is 11.5 Å². The summed E-state index contributed by atoms with van der Waals surface area (Å²) in [5.74, 6) is 2.08. The second-order valence-corrected chi connectivity index (χ2v) is 8.67. The van der Waals surface area contributed by atoms with Gasteiger partial charge in [-0.25, -0.2) is 0 Å². The molecule has 0 radical (unpaired) electrons. The molecule has 1 N–H and O–H groups in total. The highest BCUT2D eigenvalue weighted by Gasteiger charge is 2.54. The standard InChI is InChI=1S/C28H31N2O2/c1-2-32-26-17-15-25(16-18-26)30-27-14-7-4-8-19-29(27)21-28(30,31)24-13-9-12-23(20-24)22-10-5-3-6-11-22/h3,5-6,9-13,15-18,20,31H,2,4,7-8,14,19,21H2,1H3/q+1/t28-/m0/s1. The quantitative estimate of drug-likeness (QED) is 0.554. The lowest BCUT2D eigenvalue weighted by atomic mass is 9.95. The highest BCUT2D eigenvalue weighted by Crippen LogP contribution is 2.39. The molecule has 164 valence electrons. The van der Waals surface area contributed by atoms with Gasteiger partial charge in [0.25, 0.3) is 11.6 Å². The molecule has 4 heteroatoms. The Morgan fingerprint density at radius 1 is 0.906 bits per heavy atom. The van der Waals surface area contributed by atoms with Crippen LogP contribution >= 0.6 is 0 Å². The van der Waals surface area contributed by atoms with Crippen molar-refractivity contribution in [1.29, 1.82) is 0 Å². The van der Waals surface area contributed by atoms with Gasteiger partial charge in [-0.1, -0.05) is 48.5 Å². The number of rotatable bonds is 5. The summed E-state index contributed by atoms with van der Waals surface area (Å²) < 4.78 is 8.04. The first-order valence-corrected chi connectivity index (χ1v) is 11.7. The van der Waals surface area contributed by atoms with Crippen molar-refractivity contribution < 1.29 is 14.4 Å². The number of nitrogens with zero attached hydrogens (tertiary/aromatic N) is 2. The largest absolute Gasteiger partial charge is 0.494 e. The fourth-order valence-electron chi connectivity index (χ4n) is 5.04. The van der Waals surface area contributed by atoms with Gasteiger partial charge in [-0.3, -0.25) is 4.58 Å². The van der Waals surface area contributed by atoms with Gasteiger partial charge in [0.05, 0.1) is 13.2 Å². The van der Waals surface area contributed by atoms with Crippen molar-refractivity contribution in [3.8, 4) is 16.9 Å². The molecule has 5 rings (SSSR count). The smallest absolute Gasteiger partial charge is 0.275 e. The highest BCUT2D eigenvalue weighted by atomic mass is 16.5. The second-order valence-electron chi connectivity index (χ2n) is 8.67. The molecule has 0 aromatic heterocycles. The van der Waals surface area contributed by atoms with Crippen molar-refractivity contribution in [3.05, 3.63) is 84.4 Å². The average Bonchev–Trinajstić information content (AvgIpc) is 2.96. The number of aliphatic hydroxyl groups is 1. The molecule has 0 spiro atoms. The summed E-state index contributed by atoms with van der Waals surface area (Å²) in [6, 6.07) is 26.9. The predicted octanol–water partition coefficient (Wildman–Crippen LogP) is 5.40. The number of anilines is 1. The van der Waals surface area contributed by atoms with Gasteiger partial charge >= 0.3 is 0 Å². The minimum Gasteiger partial charge on any atom is -0.494 e. The first kappa shape index (κ1) is 20.8. The molecular weight excluding hydrogens is 396 g/mol. The molecule has 0 unspecified atom stereocenters. The van der Waals surface area contributed by atoms with E-state index in [0.717, 1.165) is 47.5 Å². The fraction of sp³-hybridized carbons (Fsp3) is 0.321. The molecule has 0 saturated heterocycles. The second kappa shape index (κ2) is 8.79. The van der Waals surface area contributed by atoms with E-state index in [1.165, 1.54) is 18.7 Å². The Morgan fingerprint density at radius 3 is 2.47 bits per heavy atom. The number of ether oxygens (including phenoxy) is 1. The number of hydrogen-bond acceptors (Lipinski definition) is 3. The van der Waals surface area contributed by atoms with Crippen LogP contribution in [0.1, 0.15) is 38.2 Å². The summed E-state index contributed by atoms with van der Waals surface area (Å²) in [7, 11) is 0. The maximum atomic E-state index is 12.3. The zero-order chi connectivity index (χ0) is 22.0. The summed E-state index contributed by atoms with van der Waals surface area (Å²) >= 11 is 0. The summed E-state index contributed by atoms with van der Waals surface area (Å²) in [4.78, 5) is 2.16. The maximum Gasteiger partial charge on any atom is 0.275 e. The normalized spacial score (nSPS) is 20.8. The summed E-state index contributed by atoms with van der Waals surface area (Å²) in [6.07, 6.45) is 4.53. The van der Waals surface area contributed by atoms with E-state index in [1.54, 1.807) is 0 Å². The third-order valence-corrected chi connectivity index (χ3v) is 6.57. The molecule has 3 aromatic carbocycles. The van der Waals surface area contributed by atoms with E-state index in [2.05, 4.69) is 70.1 Å². The molecule has 3 aromatic rings. The maximum absolute atomic E-state index is 12.3. The van der Waals surface area contributed by atoms with Gasteiger partial charge in [0.15, 0.2) is 6.54 Å². The van der Waals surface area contributed by atoms with E-state index >= 15 is 0 Å². The zero-order valence-corrected chi connectivity index (χ0v) is 18.7. The van der Waals surface area contributed by atoms with Gasteiger partial charge < -0.3 is 9.84 Å². The lowest BCUT2D eigenvalue weighted by Crippen LogP contribution is -2.47. The van der Waals surface area contributed by atoms with E-state index < -0.39 is 5.72 Å². The van der Waals surface area contributed by atoms with E-state index in [0.29, 0.717) is 13.2 Å². The van der Waals surface area contributed by atoms with Crippen LogP contribution in [-0.2, 0) is 5.72 Å². The first-order valence-electron chi connectivity index (χ1n) is 11.7. The summed E-state index contributed by atoms with van der Waals surface area (Å²) in [5.41, 5.74) is 3.08. The Morgan fingerprint density at radius 2 is 1.69 bits per heavy atom. The molecule has 32 heavy (non-hydrogen) atoms. The third-order valence-electron chi connectivity index (χ3n) is 6.57. The first-order chi connectivity index (χ1) is 15.7. The Hall–Kier alpha value is -3.11. The van der Waals surface area contributed by atoms with Crippen molar-refractivity contribution in [2.75, 3.05) is 24.6 Å². The molecule has 0 saturated carbocycles. The molecule has 4 nitrogen and oxygen atoms in total. The molecule has 0 bridgehead atoms. The van der Waals surface area contributed by atoms with E-state index in [-0.39, 0.29) is 0 Å². The van der Waals surface area contributed by atoms with Crippen LogP contribution in [0, 0.1) is 0 Å². The molecule has 2 heterocycles. The van der Waals surface area contributed by atoms with Crippen molar-refractivity contribution in [2.24, 2.45) is 0 Å². The van der Waals surface area contributed by atoms with Gasteiger partial charge in [0.2, 0.25) is 0 Å². The average molecular weight is 428 g/mol. The van der Waals surface area contributed by atoms with Crippen LogP contribution < -0.4 is 9.64 Å². The summed E-state index contributed by atoms with van der Waals surface area (Å²) in [5, 5.41) is 12.3. The van der Waals surface area contributed by atoms with Gasteiger partial charge in [-0.2, -0.15) is 4.90 Å². The van der Waals surface area contributed by atoms with Crippen LogP contribution in [0.15, 0.2) is 78.9 Å². The molecule has 0 amide bonds. The Bertz CT molecular complexity index is 1110. The number of amidine groups is 1. The monoisotopic (exact) mass is 427 g/mol. The van der Waals surface area contributed by atoms with E-state index in [4.69, 9.17) is 4.74 Å². The van der Waals surface area contributed by atoms with Gasteiger partial charge in [0.1, 0.15) is 11.4 Å². The van der Waals surface area contributed by atoms with Crippen LogP contribution in [-0.4, -0.2) is 35.2 Å². The lowest BCUT2D eigenvalue weighted by molar-refractivity contribution is -0.534. The minimum atomic E-state index is -1.12. The minimum absolute atomic E-state index is 0.577. The summed E-state index contributed by atoms with van der Waals surface area (Å²) in [6.45, 7) is 4.20. The zero-order valence-electron chi connectivity index (χ0n) is 18.7. The van der Waals surface area contributed by atoms with Gasteiger partial charge in [-0.15, -0.1) is 0 Å². The van der Waals surface area contributed by atoms with Crippen LogP contribution in [0.2, 0.25) is 0 Å². The van der Waals surface area contributed by atoms with Crippen LogP contribution in [0.4, 0.5) is 5.69 Å². The SMILES string of the molecule is CCOc1ccc(N2C3=[N+](CCCCC3)C[C@]2(O)c2cccc(-c3ccccc3)c2)cc1.